The molecular formula is C22H20N2O5. The number of nitrogens with one attached hydrogen (secondary N) is 1. The number of nitro groups is 1. The molecule has 0 fully saturated rings. The van der Waals surface area contributed by atoms with Gasteiger partial charge in [-0.2, -0.15) is 0 Å². The summed E-state index contributed by atoms with van der Waals surface area (Å²) in [5, 5.41) is 13.9. The van der Waals surface area contributed by atoms with Crippen molar-refractivity contribution in [2.24, 2.45) is 0 Å². The molecule has 0 radical (unpaired) electrons. The van der Waals surface area contributed by atoms with Gasteiger partial charge in [-0.3, -0.25) is 14.9 Å². The van der Waals surface area contributed by atoms with Crippen molar-refractivity contribution in [1.29, 1.82) is 0 Å². The van der Waals surface area contributed by atoms with Gasteiger partial charge in [0.25, 0.3) is 11.6 Å². The highest BCUT2D eigenvalue weighted by Crippen LogP contribution is 2.31. The average Bonchev–Trinajstić information content (AvgIpc) is 2.71. The van der Waals surface area contributed by atoms with Gasteiger partial charge in [-0.05, 0) is 56.3 Å². The van der Waals surface area contributed by atoms with Crippen LogP contribution in [0.15, 0.2) is 66.7 Å². The van der Waals surface area contributed by atoms with E-state index < -0.39 is 10.8 Å². The summed E-state index contributed by atoms with van der Waals surface area (Å²) >= 11 is 0. The minimum absolute atomic E-state index is 0.100. The summed E-state index contributed by atoms with van der Waals surface area (Å²) in [5.41, 5.74) is 0.892. The standard InChI is InChI=1S/C22H20N2O5/c1-3-28-16-11-13-17(14-12-16)29-21-10-5-4-8-19(21)23-22(25)18-7-6-9-20(15(18)2)24(26)27/h4-14H,3H2,1-2H3,(H,23,25). The number of para-hydroxylation sites is 2. The minimum Gasteiger partial charge on any atom is -0.494 e. The number of ether oxygens (including phenoxy) is 2. The van der Waals surface area contributed by atoms with Gasteiger partial charge in [0.2, 0.25) is 0 Å². The van der Waals surface area contributed by atoms with Crippen LogP contribution in [0, 0.1) is 17.0 Å². The van der Waals surface area contributed by atoms with E-state index in [9.17, 15) is 14.9 Å². The molecule has 0 aliphatic rings. The maximum Gasteiger partial charge on any atom is 0.273 e. The highest BCUT2D eigenvalue weighted by Gasteiger charge is 2.19. The number of hydrogen-bond acceptors (Lipinski definition) is 5. The van der Waals surface area contributed by atoms with E-state index in [-0.39, 0.29) is 11.3 Å². The Morgan fingerprint density at radius 2 is 1.69 bits per heavy atom. The highest BCUT2D eigenvalue weighted by molar-refractivity contribution is 6.06. The molecule has 0 aliphatic heterocycles. The Morgan fingerprint density at radius 1 is 1.00 bits per heavy atom. The molecule has 0 aliphatic carbocycles. The number of carbonyl (C=O) groups is 1. The van der Waals surface area contributed by atoms with Crippen molar-refractivity contribution in [2.45, 2.75) is 13.8 Å². The Morgan fingerprint density at radius 3 is 2.38 bits per heavy atom. The van der Waals surface area contributed by atoms with Crippen LogP contribution in [0.3, 0.4) is 0 Å². The van der Waals surface area contributed by atoms with Gasteiger partial charge < -0.3 is 14.8 Å². The number of benzene rings is 3. The van der Waals surface area contributed by atoms with Crippen molar-refractivity contribution < 1.29 is 19.2 Å². The third-order valence-electron chi connectivity index (χ3n) is 4.24. The molecule has 3 aromatic rings. The lowest BCUT2D eigenvalue weighted by Crippen LogP contribution is -2.14. The van der Waals surface area contributed by atoms with Crippen LogP contribution in [-0.4, -0.2) is 17.4 Å². The number of anilines is 1. The van der Waals surface area contributed by atoms with Crippen LogP contribution in [0.4, 0.5) is 11.4 Å². The van der Waals surface area contributed by atoms with Crippen molar-refractivity contribution in [1.82, 2.24) is 0 Å². The Labute approximate surface area is 168 Å². The lowest BCUT2D eigenvalue weighted by molar-refractivity contribution is -0.385. The van der Waals surface area contributed by atoms with E-state index in [1.807, 2.05) is 6.92 Å². The fourth-order valence-corrected chi connectivity index (χ4v) is 2.81. The van der Waals surface area contributed by atoms with Gasteiger partial charge in [0.15, 0.2) is 5.75 Å². The molecule has 0 atom stereocenters. The molecule has 0 heterocycles. The van der Waals surface area contributed by atoms with E-state index in [2.05, 4.69) is 5.32 Å². The Balaban J connectivity index is 1.81. The van der Waals surface area contributed by atoms with Crippen molar-refractivity contribution in [3.63, 3.8) is 0 Å². The zero-order valence-corrected chi connectivity index (χ0v) is 16.0. The summed E-state index contributed by atoms with van der Waals surface area (Å²) < 4.78 is 11.3. The second-order valence-electron chi connectivity index (χ2n) is 6.16. The topological polar surface area (TPSA) is 90.7 Å². The largest absolute Gasteiger partial charge is 0.494 e. The molecule has 0 saturated heterocycles. The van der Waals surface area contributed by atoms with Crippen molar-refractivity contribution in [2.75, 3.05) is 11.9 Å². The highest BCUT2D eigenvalue weighted by atomic mass is 16.6. The zero-order valence-electron chi connectivity index (χ0n) is 16.0. The second-order valence-corrected chi connectivity index (χ2v) is 6.16. The molecule has 0 bridgehead atoms. The van der Waals surface area contributed by atoms with E-state index in [4.69, 9.17) is 9.47 Å². The van der Waals surface area contributed by atoms with Crippen molar-refractivity contribution in [3.8, 4) is 17.2 Å². The van der Waals surface area contributed by atoms with Crippen LogP contribution in [0.25, 0.3) is 0 Å². The quantitative estimate of drug-likeness (QED) is 0.432. The van der Waals surface area contributed by atoms with Gasteiger partial charge in [0.1, 0.15) is 11.5 Å². The predicted octanol–water partition coefficient (Wildman–Crippen LogP) is 5.35. The average molecular weight is 392 g/mol. The molecule has 0 saturated carbocycles. The van der Waals surface area contributed by atoms with Crippen molar-refractivity contribution in [3.05, 3.63) is 88.0 Å². The number of carbonyl (C=O) groups excluding carboxylic acids is 1. The lowest BCUT2D eigenvalue weighted by Gasteiger charge is -2.13. The minimum atomic E-state index is -0.505. The van der Waals surface area contributed by atoms with Crippen LogP contribution in [0.2, 0.25) is 0 Å². The normalized spacial score (nSPS) is 10.3. The molecule has 148 valence electrons. The van der Waals surface area contributed by atoms with Gasteiger partial charge in [-0.25, -0.2) is 0 Å². The second kappa shape index (κ2) is 8.88. The molecule has 0 aromatic heterocycles. The Bertz CT molecular complexity index is 1030. The fraction of sp³-hybridized carbons (Fsp3) is 0.136. The smallest absolute Gasteiger partial charge is 0.273 e. The molecule has 7 nitrogen and oxygen atoms in total. The summed E-state index contributed by atoms with van der Waals surface area (Å²) in [6, 6.07) is 18.5. The van der Waals surface area contributed by atoms with Crippen LogP contribution in [-0.2, 0) is 0 Å². The van der Waals surface area contributed by atoms with Crippen LogP contribution in [0.1, 0.15) is 22.8 Å². The third kappa shape index (κ3) is 4.70. The number of rotatable bonds is 7. The molecule has 0 spiro atoms. The molecular weight excluding hydrogens is 372 g/mol. The van der Waals surface area contributed by atoms with E-state index in [1.54, 1.807) is 61.5 Å². The van der Waals surface area contributed by atoms with Crippen LogP contribution in [0.5, 0.6) is 17.2 Å². The first-order valence-corrected chi connectivity index (χ1v) is 9.04. The first kappa shape index (κ1) is 19.9. The number of nitrogens with zero attached hydrogens (tertiary/aromatic N) is 1. The van der Waals surface area contributed by atoms with Gasteiger partial charge in [-0.1, -0.05) is 18.2 Å². The SMILES string of the molecule is CCOc1ccc(Oc2ccccc2NC(=O)c2cccc([N+](=O)[O-])c2C)cc1. The summed E-state index contributed by atoms with van der Waals surface area (Å²) in [5.74, 6) is 1.33. The van der Waals surface area contributed by atoms with Gasteiger partial charge >= 0.3 is 0 Å². The van der Waals surface area contributed by atoms with E-state index >= 15 is 0 Å². The third-order valence-corrected chi connectivity index (χ3v) is 4.24. The van der Waals surface area contributed by atoms with Gasteiger partial charge in [-0.15, -0.1) is 0 Å². The molecule has 0 unspecified atom stereocenters. The lowest BCUT2D eigenvalue weighted by atomic mass is 10.1. The first-order valence-electron chi connectivity index (χ1n) is 9.04. The molecule has 7 heteroatoms. The summed E-state index contributed by atoms with van der Waals surface area (Å²) in [6.07, 6.45) is 0. The fourth-order valence-electron chi connectivity index (χ4n) is 2.81. The Hall–Kier alpha value is -3.87. The molecule has 3 aromatic carbocycles. The number of hydrogen-bond donors (Lipinski definition) is 1. The van der Waals surface area contributed by atoms with E-state index in [0.717, 1.165) is 5.75 Å². The number of nitro benzene ring substituents is 1. The van der Waals surface area contributed by atoms with Crippen LogP contribution >= 0.6 is 0 Å². The maximum atomic E-state index is 12.7. The van der Waals surface area contributed by atoms with E-state index in [1.165, 1.54) is 12.1 Å². The molecule has 1 N–H and O–H groups in total. The zero-order chi connectivity index (χ0) is 20.8. The first-order chi connectivity index (χ1) is 14.0. The van der Waals surface area contributed by atoms with E-state index in [0.29, 0.717) is 29.4 Å². The summed E-state index contributed by atoms with van der Waals surface area (Å²) in [7, 11) is 0. The number of amides is 1. The monoisotopic (exact) mass is 392 g/mol. The van der Waals surface area contributed by atoms with Crippen molar-refractivity contribution >= 4 is 17.3 Å². The molecule has 1 amide bonds. The molecule has 29 heavy (non-hydrogen) atoms. The summed E-state index contributed by atoms with van der Waals surface area (Å²) in [4.78, 5) is 23.3. The van der Waals surface area contributed by atoms with Gasteiger partial charge in [0.05, 0.1) is 17.2 Å². The Kier molecular flexibility index (Phi) is 6.09. The predicted molar refractivity (Wildman–Crippen MR) is 110 cm³/mol. The van der Waals surface area contributed by atoms with Gasteiger partial charge in [0, 0.05) is 17.2 Å². The molecule has 3 rings (SSSR count). The van der Waals surface area contributed by atoms with Crippen LogP contribution < -0.4 is 14.8 Å². The maximum absolute atomic E-state index is 12.7. The summed E-state index contributed by atoms with van der Waals surface area (Å²) in [6.45, 7) is 4.04.